The molecule has 3 nitrogen and oxygen atoms in total. The van der Waals surface area contributed by atoms with Gasteiger partial charge in [0.1, 0.15) is 0 Å². The molecule has 0 atom stereocenters. The third kappa shape index (κ3) is 1.24. The largest absolute Gasteiger partial charge is 0.362 e. The zero-order valence-corrected chi connectivity index (χ0v) is 8.88. The highest BCUT2D eigenvalue weighted by molar-refractivity contribution is 6.34. The van der Waals surface area contributed by atoms with Crippen LogP contribution in [0.15, 0.2) is 18.2 Å². The first-order chi connectivity index (χ1) is 6.61. The molecule has 0 fully saturated rings. The Balaban J connectivity index is 2.61. The lowest BCUT2D eigenvalue weighted by atomic mass is 10.2. The fourth-order valence-electron chi connectivity index (χ4n) is 1.67. The van der Waals surface area contributed by atoms with Gasteiger partial charge in [-0.1, -0.05) is 17.7 Å². The number of para-hydroxylation sites is 1. The van der Waals surface area contributed by atoms with Crippen LogP contribution >= 0.6 is 11.6 Å². The number of halogens is 1. The number of amides is 1. The lowest BCUT2D eigenvalue weighted by molar-refractivity contribution is -0.117. The summed E-state index contributed by atoms with van der Waals surface area (Å²) in [5.74, 6) is 0.0854. The van der Waals surface area contributed by atoms with Crippen LogP contribution in [0.5, 0.6) is 0 Å². The zero-order chi connectivity index (χ0) is 10.3. The van der Waals surface area contributed by atoms with Gasteiger partial charge in [-0.15, -0.1) is 0 Å². The maximum atomic E-state index is 11.5. The van der Waals surface area contributed by atoms with E-state index in [0.29, 0.717) is 11.6 Å². The molecule has 1 aromatic carbocycles. The van der Waals surface area contributed by atoms with Gasteiger partial charge in [-0.05, 0) is 12.1 Å². The number of anilines is 2. The van der Waals surface area contributed by atoms with E-state index in [-0.39, 0.29) is 5.91 Å². The van der Waals surface area contributed by atoms with Gasteiger partial charge < -0.3 is 9.80 Å². The SMILES string of the molecule is CN1CC(=O)N(C)c2cccc(Cl)c21. The van der Waals surface area contributed by atoms with Gasteiger partial charge in [0.25, 0.3) is 0 Å². The minimum atomic E-state index is 0.0854. The lowest BCUT2D eigenvalue weighted by Gasteiger charge is -2.33. The van der Waals surface area contributed by atoms with Gasteiger partial charge in [0.2, 0.25) is 5.91 Å². The molecule has 1 amide bonds. The molecule has 0 saturated carbocycles. The first-order valence-corrected chi connectivity index (χ1v) is 4.75. The van der Waals surface area contributed by atoms with E-state index in [1.165, 1.54) is 0 Å². The van der Waals surface area contributed by atoms with Crippen LogP contribution in [0.25, 0.3) is 0 Å². The van der Waals surface area contributed by atoms with Crippen molar-refractivity contribution in [3.63, 3.8) is 0 Å². The molecule has 1 aliphatic rings. The molecule has 1 heterocycles. The summed E-state index contributed by atoms with van der Waals surface area (Å²) in [6, 6.07) is 5.58. The molecule has 0 aliphatic carbocycles. The number of fused-ring (bicyclic) bond motifs is 1. The Bertz CT molecular complexity index is 392. The molecule has 1 aliphatic heterocycles. The number of carbonyl (C=O) groups is 1. The van der Waals surface area contributed by atoms with Gasteiger partial charge in [0.05, 0.1) is 22.9 Å². The molecule has 74 valence electrons. The van der Waals surface area contributed by atoms with Crippen molar-refractivity contribution in [1.82, 2.24) is 0 Å². The highest BCUT2D eigenvalue weighted by atomic mass is 35.5. The van der Waals surface area contributed by atoms with Crippen molar-refractivity contribution in [1.29, 1.82) is 0 Å². The van der Waals surface area contributed by atoms with E-state index < -0.39 is 0 Å². The third-order valence-corrected chi connectivity index (χ3v) is 2.76. The van der Waals surface area contributed by atoms with E-state index in [2.05, 4.69) is 0 Å². The Labute approximate surface area is 87.9 Å². The van der Waals surface area contributed by atoms with Crippen molar-refractivity contribution in [3.05, 3.63) is 23.2 Å². The predicted molar refractivity (Wildman–Crippen MR) is 58.1 cm³/mol. The van der Waals surface area contributed by atoms with Crippen LogP contribution in [0.2, 0.25) is 5.02 Å². The molecule has 2 rings (SSSR count). The lowest BCUT2D eigenvalue weighted by Crippen LogP contribution is -2.42. The maximum Gasteiger partial charge on any atom is 0.246 e. The molecular formula is C10H11ClN2O. The number of hydrogen-bond acceptors (Lipinski definition) is 2. The normalized spacial score (nSPS) is 15.8. The topological polar surface area (TPSA) is 23.6 Å². The number of benzene rings is 1. The average molecular weight is 211 g/mol. The Hall–Kier alpha value is -1.22. The van der Waals surface area contributed by atoms with Gasteiger partial charge in [0.15, 0.2) is 0 Å². The smallest absolute Gasteiger partial charge is 0.246 e. The first-order valence-electron chi connectivity index (χ1n) is 4.37. The van der Waals surface area contributed by atoms with Crippen LogP contribution < -0.4 is 9.80 Å². The second kappa shape index (κ2) is 3.17. The van der Waals surface area contributed by atoms with Crippen LogP contribution in [-0.2, 0) is 4.79 Å². The highest BCUT2D eigenvalue weighted by Gasteiger charge is 2.25. The molecule has 0 aromatic heterocycles. The average Bonchev–Trinajstić information content (AvgIpc) is 2.14. The zero-order valence-electron chi connectivity index (χ0n) is 8.12. The minimum absolute atomic E-state index is 0.0854. The van der Waals surface area contributed by atoms with E-state index in [9.17, 15) is 4.79 Å². The van der Waals surface area contributed by atoms with Crippen molar-refractivity contribution < 1.29 is 4.79 Å². The summed E-state index contributed by atoms with van der Waals surface area (Å²) in [6.07, 6.45) is 0. The van der Waals surface area contributed by atoms with Crippen LogP contribution in [-0.4, -0.2) is 26.5 Å². The highest BCUT2D eigenvalue weighted by Crippen LogP contribution is 2.37. The van der Waals surface area contributed by atoms with Crippen molar-refractivity contribution in [3.8, 4) is 0 Å². The number of rotatable bonds is 0. The third-order valence-electron chi connectivity index (χ3n) is 2.46. The summed E-state index contributed by atoms with van der Waals surface area (Å²) in [4.78, 5) is 15.0. The summed E-state index contributed by atoms with van der Waals surface area (Å²) in [7, 11) is 3.64. The van der Waals surface area contributed by atoms with E-state index in [1.807, 2.05) is 30.1 Å². The van der Waals surface area contributed by atoms with Crippen molar-refractivity contribution >= 4 is 28.9 Å². The maximum absolute atomic E-state index is 11.5. The first kappa shape index (κ1) is 9.34. The molecule has 0 N–H and O–H groups in total. The van der Waals surface area contributed by atoms with Crippen molar-refractivity contribution in [2.75, 3.05) is 30.4 Å². The monoisotopic (exact) mass is 210 g/mol. The Morgan fingerprint density at radius 2 is 2.07 bits per heavy atom. The second-order valence-electron chi connectivity index (χ2n) is 3.42. The molecule has 0 unspecified atom stereocenters. The summed E-state index contributed by atoms with van der Waals surface area (Å²) < 4.78 is 0. The van der Waals surface area contributed by atoms with E-state index in [4.69, 9.17) is 11.6 Å². The van der Waals surface area contributed by atoms with Gasteiger partial charge in [-0.25, -0.2) is 0 Å². The molecule has 0 spiro atoms. The molecule has 14 heavy (non-hydrogen) atoms. The van der Waals surface area contributed by atoms with Crippen LogP contribution in [0.3, 0.4) is 0 Å². The summed E-state index contributed by atoms with van der Waals surface area (Å²) in [6.45, 7) is 0.382. The predicted octanol–water partition coefficient (Wildman–Crippen LogP) is 1.75. The Morgan fingerprint density at radius 3 is 2.79 bits per heavy atom. The molecular weight excluding hydrogens is 200 g/mol. The number of nitrogens with zero attached hydrogens (tertiary/aromatic N) is 2. The standard InChI is InChI=1S/C10H11ClN2O/c1-12-6-9(14)13(2)8-5-3-4-7(11)10(8)12/h3-5H,6H2,1-2H3. The van der Waals surface area contributed by atoms with Crippen LogP contribution in [0.4, 0.5) is 11.4 Å². The Kier molecular flexibility index (Phi) is 2.11. The second-order valence-corrected chi connectivity index (χ2v) is 3.82. The van der Waals surface area contributed by atoms with Gasteiger partial charge in [-0.3, -0.25) is 4.79 Å². The van der Waals surface area contributed by atoms with E-state index in [1.54, 1.807) is 11.9 Å². The van der Waals surface area contributed by atoms with Gasteiger partial charge in [-0.2, -0.15) is 0 Å². The molecule has 0 radical (unpaired) electrons. The van der Waals surface area contributed by atoms with Crippen molar-refractivity contribution in [2.45, 2.75) is 0 Å². The fraction of sp³-hybridized carbons (Fsp3) is 0.300. The summed E-state index contributed by atoms with van der Waals surface area (Å²) in [5, 5.41) is 0.685. The van der Waals surface area contributed by atoms with Crippen LogP contribution in [0, 0.1) is 0 Å². The summed E-state index contributed by atoms with van der Waals surface area (Å²) >= 11 is 6.07. The fourth-order valence-corrected chi connectivity index (χ4v) is 1.99. The number of likely N-dealkylation sites (N-methyl/N-ethyl adjacent to an activating group) is 2. The number of hydrogen-bond donors (Lipinski definition) is 0. The van der Waals surface area contributed by atoms with Gasteiger partial charge >= 0.3 is 0 Å². The van der Waals surface area contributed by atoms with Crippen LogP contribution in [0.1, 0.15) is 0 Å². The Morgan fingerprint density at radius 1 is 1.36 bits per heavy atom. The molecule has 0 bridgehead atoms. The van der Waals surface area contributed by atoms with Gasteiger partial charge in [0, 0.05) is 14.1 Å². The minimum Gasteiger partial charge on any atom is -0.362 e. The van der Waals surface area contributed by atoms with E-state index in [0.717, 1.165) is 11.4 Å². The summed E-state index contributed by atoms with van der Waals surface area (Å²) in [5.41, 5.74) is 1.80. The molecule has 4 heteroatoms. The van der Waals surface area contributed by atoms with Crippen molar-refractivity contribution in [2.24, 2.45) is 0 Å². The number of carbonyl (C=O) groups excluding carboxylic acids is 1. The molecule has 0 saturated heterocycles. The molecule has 1 aromatic rings. The van der Waals surface area contributed by atoms with E-state index >= 15 is 0 Å². The quantitative estimate of drug-likeness (QED) is 0.652.